The Labute approximate surface area is 101 Å². The van der Waals surface area contributed by atoms with Crippen LogP contribution in [0.2, 0.25) is 0 Å². The number of rotatable bonds is 3. The van der Waals surface area contributed by atoms with Crippen molar-refractivity contribution in [3.63, 3.8) is 0 Å². The number of nitrogens with zero attached hydrogens (tertiary/aromatic N) is 2. The molecule has 0 bridgehead atoms. The van der Waals surface area contributed by atoms with Gasteiger partial charge >= 0.3 is 0 Å². The van der Waals surface area contributed by atoms with Gasteiger partial charge in [0.25, 0.3) is 0 Å². The Morgan fingerprint density at radius 1 is 1.18 bits per heavy atom. The molecule has 0 N–H and O–H groups in total. The van der Waals surface area contributed by atoms with Gasteiger partial charge in [-0.05, 0) is 35.0 Å². The van der Waals surface area contributed by atoms with Crippen molar-refractivity contribution in [1.82, 2.24) is 0 Å². The maximum absolute atomic E-state index is 8.67. The standard InChI is InChI=1S/C14H14N2O/c1-16(8-7-15)13-5-3-12-10-14(17-2)6-4-11(12)9-13/h3-6,9-10H,8H2,1-2H3. The van der Waals surface area contributed by atoms with Crippen LogP contribution in [0.1, 0.15) is 0 Å². The fourth-order valence-electron chi connectivity index (χ4n) is 1.77. The van der Waals surface area contributed by atoms with Gasteiger partial charge in [-0.3, -0.25) is 0 Å². The summed E-state index contributed by atoms with van der Waals surface area (Å²) in [6.07, 6.45) is 0. The number of anilines is 1. The second-order valence-electron chi connectivity index (χ2n) is 3.91. The Hall–Kier alpha value is -2.21. The summed E-state index contributed by atoms with van der Waals surface area (Å²) in [5.41, 5.74) is 1.05. The van der Waals surface area contributed by atoms with Gasteiger partial charge in [0.1, 0.15) is 12.3 Å². The van der Waals surface area contributed by atoms with E-state index in [1.54, 1.807) is 7.11 Å². The fraction of sp³-hybridized carbons (Fsp3) is 0.214. The summed E-state index contributed by atoms with van der Waals surface area (Å²) in [5.74, 6) is 0.857. The fourth-order valence-corrected chi connectivity index (χ4v) is 1.77. The number of methoxy groups -OCH3 is 1. The SMILES string of the molecule is COc1ccc2cc(N(C)CC#N)ccc2c1. The number of hydrogen-bond acceptors (Lipinski definition) is 3. The van der Waals surface area contributed by atoms with Crippen molar-refractivity contribution in [1.29, 1.82) is 5.26 Å². The summed E-state index contributed by atoms with van der Waals surface area (Å²) < 4.78 is 5.19. The molecule has 17 heavy (non-hydrogen) atoms. The third-order valence-electron chi connectivity index (χ3n) is 2.78. The third kappa shape index (κ3) is 2.31. The molecule has 0 aromatic heterocycles. The van der Waals surface area contributed by atoms with E-state index in [9.17, 15) is 0 Å². The summed E-state index contributed by atoms with van der Waals surface area (Å²) in [7, 11) is 3.57. The Morgan fingerprint density at radius 3 is 2.59 bits per heavy atom. The average molecular weight is 226 g/mol. The van der Waals surface area contributed by atoms with Crippen molar-refractivity contribution in [3.8, 4) is 11.8 Å². The number of nitriles is 1. The van der Waals surface area contributed by atoms with E-state index in [0.717, 1.165) is 22.2 Å². The van der Waals surface area contributed by atoms with Crippen LogP contribution in [-0.2, 0) is 0 Å². The van der Waals surface area contributed by atoms with E-state index in [4.69, 9.17) is 10.00 Å². The molecular formula is C14H14N2O. The Morgan fingerprint density at radius 2 is 1.88 bits per heavy atom. The van der Waals surface area contributed by atoms with Gasteiger partial charge in [-0.2, -0.15) is 5.26 Å². The maximum atomic E-state index is 8.67. The van der Waals surface area contributed by atoms with Crippen molar-refractivity contribution < 1.29 is 4.74 Å². The lowest BCUT2D eigenvalue weighted by Crippen LogP contribution is -2.16. The largest absolute Gasteiger partial charge is 0.497 e. The first kappa shape index (κ1) is 11.3. The minimum Gasteiger partial charge on any atom is -0.497 e. The molecule has 0 atom stereocenters. The summed E-state index contributed by atoms with van der Waals surface area (Å²) in [6.45, 7) is 0.391. The van der Waals surface area contributed by atoms with Gasteiger partial charge in [0.2, 0.25) is 0 Å². The topological polar surface area (TPSA) is 36.3 Å². The van der Waals surface area contributed by atoms with Crippen molar-refractivity contribution in [2.24, 2.45) is 0 Å². The van der Waals surface area contributed by atoms with Crippen molar-refractivity contribution >= 4 is 16.5 Å². The average Bonchev–Trinajstić information content (AvgIpc) is 2.37. The van der Waals surface area contributed by atoms with E-state index in [2.05, 4.69) is 12.1 Å². The molecule has 0 saturated heterocycles. The predicted octanol–water partition coefficient (Wildman–Crippen LogP) is 2.81. The summed E-state index contributed by atoms with van der Waals surface area (Å²) in [4.78, 5) is 1.92. The lowest BCUT2D eigenvalue weighted by atomic mass is 10.1. The van der Waals surface area contributed by atoms with E-state index < -0.39 is 0 Å². The smallest absolute Gasteiger partial charge is 0.119 e. The second kappa shape index (κ2) is 4.75. The van der Waals surface area contributed by atoms with E-state index in [0.29, 0.717) is 6.54 Å². The maximum Gasteiger partial charge on any atom is 0.119 e. The molecule has 0 radical (unpaired) electrons. The molecule has 0 aliphatic carbocycles. The lowest BCUT2D eigenvalue weighted by Gasteiger charge is -2.15. The highest BCUT2D eigenvalue weighted by Gasteiger charge is 2.02. The zero-order chi connectivity index (χ0) is 12.3. The number of hydrogen-bond donors (Lipinski definition) is 0. The van der Waals surface area contributed by atoms with Crippen LogP contribution in [0.5, 0.6) is 5.75 Å². The van der Waals surface area contributed by atoms with Crippen LogP contribution in [-0.4, -0.2) is 20.7 Å². The molecule has 2 rings (SSSR count). The monoisotopic (exact) mass is 226 g/mol. The van der Waals surface area contributed by atoms with Crippen LogP contribution < -0.4 is 9.64 Å². The molecule has 0 aliphatic rings. The van der Waals surface area contributed by atoms with Gasteiger partial charge in [-0.1, -0.05) is 12.1 Å². The van der Waals surface area contributed by atoms with Gasteiger partial charge in [0, 0.05) is 12.7 Å². The predicted molar refractivity (Wildman–Crippen MR) is 69.4 cm³/mol. The summed E-state index contributed by atoms with van der Waals surface area (Å²) >= 11 is 0. The molecule has 0 heterocycles. The van der Waals surface area contributed by atoms with Crippen molar-refractivity contribution in [2.45, 2.75) is 0 Å². The minimum atomic E-state index is 0.391. The molecule has 86 valence electrons. The molecule has 0 aliphatic heterocycles. The zero-order valence-electron chi connectivity index (χ0n) is 9.97. The molecule has 3 nitrogen and oxygen atoms in total. The van der Waals surface area contributed by atoms with Crippen LogP contribution in [0.3, 0.4) is 0 Å². The van der Waals surface area contributed by atoms with Crippen LogP contribution in [0.15, 0.2) is 36.4 Å². The van der Waals surface area contributed by atoms with Crippen molar-refractivity contribution in [3.05, 3.63) is 36.4 Å². The number of ether oxygens (including phenoxy) is 1. The first-order chi connectivity index (χ1) is 8.24. The molecule has 2 aromatic carbocycles. The Balaban J connectivity index is 2.42. The highest BCUT2D eigenvalue weighted by Crippen LogP contribution is 2.24. The van der Waals surface area contributed by atoms with Crippen molar-refractivity contribution in [2.75, 3.05) is 25.6 Å². The van der Waals surface area contributed by atoms with Gasteiger partial charge in [-0.15, -0.1) is 0 Å². The number of fused-ring (bicyclic) bond motifs is 1. The zero-order valence-corrected chi connectivity index (χ0v) is 9.97. The molecule has 0 amide bonds. The van der Waals surface area contributed by atoms with E-state index >= 15 is 0 Å². The molecular weight excluding hydrogens is 212 g/mol. The normalized spacial score (nSPS) is 9.94. The van der Waals surface area contributed by atoms with Gasteiger partial charge in [-0.25, -0.2) is 0 Å². The van der Waals surface area contributed by atoms with Gasteiger partial charge < -0.3 is 9.64 Å². The second-order valence-corrected chi connectivity index (χ2v) is 3.91. The van der Waals surface area contributed by atoms with E-state index in [-0.39, 0.29) is 0 Å². The molecule has 2 aromatic rings. The van der Waals surface area contributed by atoms with Crippen LogP contribution in [0, 0.1) is 11.3 Å². The first-order valence-corrected chi connectivity index (χ1v) is 5.40. The highest BCUT2D eigenvalue weighted by atomic mass is 16.5. The number of benzene rings is 2. The Bertz CT molecular complexity index is 572. The van der Waals surface area contributed by atoms with E-state index in [1.165, 1.54) is 0 Å². The van der Waals surface area contributed by atoms with E-state index in [1.807, 2.05) is 42.3 Å². The molecule has 0 fully saturated rings. The minimum absolute atomic E-state index is 0.391. The molecule has 3 heteroatoms. The molecule has 0 spiro atoms. The highest BCUT2D eigenvalue weighted by molar-refractivity contribution is 5.87. The lowest BCUT2D eigenvalue weighted by molar-refractivity contribution is 0.415. The van der Waals surface area contributed by atoms with Crippen LogP contribution in [0.25, 0.3) is 10.8 Å². The summed E-state index contributed by atoms with van der Waals surface area (Å²) in [6, 6.07) is 14.2. The van der Waals surface area contributed by atoms with Crippen LogP contribution >= 0.6 is 0 Å². The van der Waals surface area contributed by atoms with Gasteiger partial charge in [0.15, 0.2) is 0 Å². The van der Waals surface area contributed by atoms with Gasteiger partial charge in [0.05, 0.1) is 13.2 Å². The molecule has 0 unspecified atom stereocenters. The molecule has 0 saturated carbocycles. The quantitative estimate of drug-likeness (QED) is 0.755. The Kier molecular flexibility index (Phi) is 3.15. The third-order valence-corrected chi connectivity index (χ3v) is 2.78. The van der Waals surface area contributed by atoms with Crippen LogP contribution in [0.4, 0.5) is 5.69 Å². The summed E-state index contributed by atoms with van der Waals surface area (Å²) in [5, 5.41) is 11.0. The first-order valence-electron chi connectivity index (χ1n) is 5.40.